The third-order valence-corrected chi connectivity index (χ3v) is 2.01. The van der Waals surface area contributed by atoms with Crippen LogP contribution in [0.4, 0.5) is 0 Å². The minimum absolute atomic E-state index is 0.118. The summed E-state index contributed by atoms with van der Waals surface area (Å²) in [7, 11) is 3.23. The van der Waals surface area contributed by atoms with Crippen LogP contribution in [0, 0.1) is 0 Å². The Kier molecular flexibility index (Phi) is 2.06. The van der Waals surface area contributed by atoms with E-state index in [1.807, 2.05) is 0 Å². The van der Waals surface area contributed by atoms with Gasteiger partial charge in [-0.2, -0.15) is 0 Å². The average molecular weight is 181 g/mol. The van der Waals surface area contributed by atoms with Gasteiger partial charge < -0.3 is 14.2 Å². The van der Waals surface area contributed by atoms with Gasteiger partial charge in [0.15, 0.2) is 0 Å². The summed E-state index contributed by atoms with van der Waals surface area (Å²) in [5.41, 5.74) is 0.958. The summed E-state index contributed by atoms with van der Waals surface area (Å²) in [5, 5.41) is 0. The number of hydrogen-bond donors (Lipinski definition) is 0. The lowest BCUT2D eigenvalue weighted by atomic mass is 10.2. The van der Waals surface area contributed by atoms with Crippen molar-refractivity contribution in [1.29, 1.82) is 0 Å². The first kappa shape index (κ1) is 8.31. The van der Waals surface area contributed by atoms with Crippen LogP contribution in [0.15, 0.2) is 12.4 Å². The fourth-order valence-electron chi connectivity index (χ4n) is 1.29. The molecule has 13 heavy (non-hydrogen) atoms. The molecular weight excluding hydrogens is 170 g/mol. The fourth-order valence-corrected chi connectivity index (χ4v) is 1.29. The highest BCUT2D eigenvalue weighted by atomic mass is 16.6. The summed E-state index contributed by atoms with van der Waals surface area (Å²) in [6.45, 7) is 0.733. The van der Waals surface area contributed by atoms with Crippen molar-refractivity contribution in [1.82, 2.24) is 4.98 Å². The molecule has 1 aromatic rings. The molecule has 1 aliphatic rings. The van der Waals surface area contributed by atoms with E-state index < -0.39 is 0 Å². The Morgan fingerprint density at radius 3 is 2.23 bits per heavy atom. The SMILES string of the molecule is COc1cncc(OC)c1C1CO1. The fraction of sp³-hybridized carbons (Fsp3) is 0.444. The summed E-state index contributed by atoms with van der Waals surface area (Å²) in [6, 6.07) is 0. The molecule has 1 unspecified atom stereocenters. The van der Waals surface area contributed by atoms with E-state index in [0.29, 0.717) is 0 Å². The molecule has 1 aliphatic heterocycles. The lowest BCUT2D eigenvalue weighted by molar-refractivity contribution is 0.357. The molecule has 0 bridgehead atoms. The van der Waals surface area contributed by atoms with Gasteiger partial charge in [-0.25, -0.2) is 0 Å². The van der Waals surface area contributed by atoms with Gasteiger partial charge in [0, 0.05) is 0 Å². The number of nitrogens with zero attached hydrogens (tertiary/aromatic N) is 1. The molecule has 0 aromatic carbocycles. The molecule has 4 heteroatoms. The van der Waals surface area contributed by atoms with Crippen LogP contribution >= 0.6 is 0 Å². The van der Waals surface area contributed by atoms with Crippen molar-refractivity contribution >= 4 is 0 Å². The smallest absolute Gasteiger partial charge is 0.146 e. The third-order valence-electron chi connectivity index (χ3n) is 2.01. The predicted octanol–water partition coefficient (Wildman–Crippen LogP) is 1.17. The zero-order valence-corrected chi connectivity index (χ0v) is 7.61. The first-order valence-corrected chi connectivity index (χ1v) is 4.04. The number of aromatic nitrogens is 1. The van der Waals surface area contributed by atoms with E-state index >= 15 is 0 Å². The third kappa shape index (κ3) is 1.45. The van der Waals surface area contributed by atoms with Crippen LogP contribution in [0.2, 0.25) is 0 Å². The quantitative estimate of drug-likeness (QED) is 0.656. The highest BCUT2D eigenvalue weighted by molar-refractivity contribution is 5.44. The molecule has 1 saturated heterocycles. The van der Waals surface area contributed by atoms with Gasteiger partial charge in [0.25, 0.3) is 0 Å². The normalized spacial score (nSPS) is 19.7. The zero-order chi connectivity index (χ0) is 9.26. The van der Waals surface area contributed by atoms with Crippen molar-refractivity contribution in [2.45, 2.75) is 6.10 Å². The molecule has 0 spiro atoms. The monoisotopic (exact) mass is 181 g/mol. The van der Waals surface area contributed by atoms with Gasteiger partial charge in [-0.3, -0.25) is 4.98 Å². The van der Waals surface area contributed by atoms with Crippen molar-refractivity contribution in [3.8, 4) is 11.5 Å². The Morgan fingerprint density at radius 1 is 1.31 bits per heavy atom. The summed E-state index contributed by atoms with van der Waals surface area (Å²) in [4.78, 5) is 3.99. The number of ether oxygens (including phenoxy) is 3. The molecule has 0 amide bonds. The Bertz CT molecular complexity index is 287. The van der Waals surface area contributed by atoms with Crippen LogP contribution in [-0.4, -0.2) is 25.8 Å². The van der Waals surface area contributed by atoms with Crippen LogP contribution in [0.3, 0.4) is 0 Å². The Labute approximate surface area is 76.4 Å². The predicted molar refractivity (Wildman–Crippen MR) is 46.0 cm³/mol. The number of rotatable bonds is 3. The highest BCUT2D eigenvalue weighted by Crippen LogP contribution is 2.41. The maximum absolute atomic E-state index is 5.19. The number of methoxy groups -OCH3 is 2. The van der Waals surface area contributed by atoms with Crippen LogP contribution in [-0.2, 0) is 4.74 Å². The molecule has 0 N–H and O–H groups in total. The van der Waals surface area contributed by atoms with Crippen molar-refractivity contribution in [2.75, 3.05) is 20.8 Å². The van der Waals surface area contributed by atoms with Crippen molar-refractivity contribution < 1.29 is 14.2 Å². The van der Waals surface area contributed by atoms with Gasteiger partial charge in [0.1, 0.15) is 17.6 Å². The maximum Gasteiger partial charge on any atom is 0.146 e. The Balaban J connectivity index is 2.44. The van der Waals surface area contributed by atoms with Crippen LogP contribution in [0.1, 0.15) is 11.7 Å². The van der Waals surface area contributed by atoms with Crippen molar-refractivity contribution in [2.24, 2.45) is 0 Å². The molecule has 2 rings (SSSR count). The van der Waals surface area contributed by atoms with E-state index in [1.54, 1.807) is 26.6 Å². The minimum Gasteiger partial charge on any atom is -0.495 e. The summed E-state index contributed by atoms with van der Waals surface area (Å²) in [5.74, 6) is 1.45. The molecule has 1 atom stereocenters. The van der Waals surface area contributed by atoms with Gasteiger partial charge in [-0.1, -0.05) is 0 Å². The Hall–Kier alpha value is -1.29. The van der Waals surface area contributed by atoms with Crippen LogP contribution in [0.25, 0.3) is 0 Å². The molecule has 0 saturated carbocycles. The van der Waals surface area contributed by atoms with Crippen molar-refractivity contribution in [3.63, 3.8) is 0 Å². The number of epoxide rings is 1. The molecular formula is C9H11NO3. The second kappa shape index (κ2) is 3.22. The molecule has 4 nitrogen and oxygen atoms in total. The van der Waals surface area contributed by atoms with Crippen molar-refractivity contribution in [3.05, 3.63) is 18.0 Å². The molecule has 1 aromatic heterocycles. The van der Waals surface area contributed by atoms with E-state index in [-0.39, 0.29) is 6.10 Å². The van der Waals surface area contributed by atoms with E-state index in [9.17, 15) is 0 Å². The standard InChI is InChI=1S/C9H11NO3/c1-11-6-3-10-4-7(12-2)9(6)8-5-13-8/h3-4,8H,5H2,1-2H3. The summed E-state index contributed by atoms with van der Waals surface area (Å²) >= 11 is 0. The lowest BCUT2D eigenvalue weighted by Gasteiger charge is -2.09. The molecule has 2 heterocycles. The van der Waals surface area contributed by atoms with Gasteiger partial charge in [0.2, 0.25) is 0 Å². The number of pyridine rings is 1. The summed E-state index contributed by atoms with van der Waals surface area (Å²) in [6.07, 6.45) is 3.45. The zero-order valence-electron chi connectivity index (χ0n) is 7.61. The molecule has 0 radical (unpaired) electrons. The minimum atomic E-state index is 0.118. The first-order valence-electron chi connectivity index (χ1n) is 4.04. The topological polar surface area (TPSA) is 43.9 Å². The van der Waals surface area contributed by atoms with Crippen LogP contribution in [0.5, 0.6) is 11.5 Å². The highest BCUT2D eigenvalue weighted by Gasteiger charge is 2.31. The Morgan fingerprint density at radius 2 is 1.85 bits per heavy atom. The molecule has 70 valence electrons. The van der Waals surface area contributed by atoms with E-state index in [1.165, 1.54) is 0 Å². The lowest BCUT2D eigenvalue weighted by Crippen LogP contribution is -1.96. The largest absolute Gasteiger partial charge is 0.495 e. The van der Waals surface area contributed by atoms with Gasteiger partial charge in [-0.15, -0.1) is 0 Å². The molecule has 1 fully saturated rings. The average Bonchev–Trinajstić information content (AvgIpc) is 3.00. The maximum atomic E-state index is 5.19. The molecule has 0 aliphatic carbocycles. The van der Waals surface area contributed by atoms with E-state index in [0.717, 1.165) is 23.7 Å². The first-order chi connectivity index (χ1) is 6.36. The van der Waals surface area contributed by atoms with E-state index in [2.05, 4.69) is 4.98 Å². The number of hydrogen-bond acceptors (Lipinski definition) is 4. The second-order valence-electron chi connectivity index (χ2n) is 2.78. The van der Waals surface area contributed by atoms with Gasteiger partial charge >= 0.3 is 0 Å². The van der Waals surface area contributed by atoms with Crippen LogP contribution < -0.4 is 9.47 Å². The second-order valence-corrected chi connectivity index (χ2v) is 2.78. The van der Waals surface area contributed by atoms with Gasteiger partial charge in [-0.05, 0) is 0 Å². The van der Waals surface area contributed by atoms with Gasteiger partial charge in [0.05, 0.1) is 38.8 Å². The summed E-state index contributed by atoms with van der Waals surface area (Å²) < 4.78 is 15.5. The van der Waals surface area contributed by atoms with E-state index in [4.69, 9.17) is 14.2 Å².